The van der Waals surface area contributed by atoms with Crippen LogP contribution in [0.15, 0.2) is 0 Å². The fraction of sp³-hybridized carbons (Fsp3) is 0.962. The number of aliphatic hydroxyl groups is 6. The molecule has 2 amide bonds. The summed E-state index contributed by atoms with van der Waals surface area (Å²) in [4.78, 5) is 25.9. The zero-order valence-corrected chi connectivity index (χ0v) is 39.9. The summed E-state index contributed by atoms with van der Waals surface area (Å²) < 4.78 is 0. The van der Waals surface area contributed by atoms with E-state index in [4.69, 9.17) is 0 Å². The van der Waals surface area contributed by atoms with E-state index in [2.05, 4.69) is 57.5 Å². The van der Waals surface area contributed by atoms with E-state index in [0.29, 0.717) is 62.7 Å². The first-order valence-corrected chi connectivity index (χ1v) is 26.2. The maximum atomic E-state index is 13.0. The third-order valence-electron chi connectivity index (χ3n) is 21.9. The van der Waals surface area contributed by atoms with Crippen molar-refractivity contribution in [3.8, 4) is 0 Å². The van der Waals surface area contributed by atoms with Gasteiger partial charge in [0, 0.05) is 39.0 Å². The van der Waals surface area contributed by atoms with Crippen molar-refractivity contribution in [2.75, 3.05) is 26.2 Å². The topological polar surface area (TPSA) is 192 Å². The number of rotatable bonds is 14. The summed E-state index contributed by atoms with van der Waals surface area (Å²) in [5.74, 6) is 3.43. The Bertz CT molecular complexity index is 1500. The number of fused-ring (bicyclic) bond motifs is 10. The van der Waals surface area contributed by atoms with Gasteiger partial charge in [-0.2, -0.15) is 0 Å². The third-order valence-corrected chi connectivity index (χ3v) is 21.9. The first-order chi connectivity index (χ1) is 29.8. The highest BCUT2D eigenvalue weighted by Gasteiger charge is 2.67. The van der Waals surface area contributed by atoms with Crippen LogP contribution in [0.25, 0.3) is 0 Å². The van der Waals surface area contributed by atoms with Gasteiger partial charge < -0.3 is 46.6 Å². The van der Waals surface area contributed by atoms with E-state index in [0.717, 1.165) is 103 Å². The Morgan fingerprint density at radius 2 is 0.921 bits per heavy atom. The molecule has 8 aliphatic carbocycles. The zero-order chi connectivity index (χ0) is 45.2. The van der Waals surface area contributed by atoms with Gasteiger partial charge in [-0.25, -0.2) is 0 Å². The number of nitrogens with one attached hydrogen (secondary N) is 3. The molecule has 8 aliphatic rings. The monoisotopic (exact) mass is 884 g/mol. The average molecular weight is 884 g/mol. The molecule has 0 radical (unpaired) electrons. The van der Waals surface area contributed by atoms with E-state index in [-0.39, 0.29) is 105 Å². The van der Waals surface area contributed by atoms with E-state index in [9.17, 15) is 40.2 Å². The van der Waals surface area contributed by atoms with Crippen LogP contribution in [0.4, 0.5) is 0 Å². The predicted molar refractivity (Wildman–Crippen MR) is 244 cm³/mol. The Kier molecular flexibility index (Phi) is 14.2. The molecule has 0 aromatic carbocycles. The average Bonchev–Trinajstić information content (AvgIpc) is 3.79. The first kappa shape index (κ1) is 48.1. The van der Waals surface area contributed by atoms with Gasteiger partial charge in [0.1, 0.15) is 0 Å². The summed E-state index contributed by atoms with van der Waals surface area (Å²) in [6.07, 6.45) is 12.5. The van der Waals surface area contributed by atoms with Crippen LogP contribution in [0.3, 0.4) is 0 Å². The molecular weight excluding hydrogens is 795 g/mol. The van der Waals surface area contributed by atoms with Gasteiger partial charge in [0.25, 0.3) is 0 Å². The van der Waals surface area contributed by atoms with Gasteiger partial charge in [-0.05, 0) is 195 Å². The molecular formula is C52H89N3O8. The quantitative estimate of drug-likeness (QED) is 0.101. The second-order valence-electron chi connectivity index (χ2n) is 24.5. The van der Waals surface area contributed by atoms with Crippen molar-refractivity contribution in [2.24, 2.45) is 92.7 Å². The van der Waals surface area contributed by atoms with Crippen LogP contribution in [0.2, 0.25) is 0 Å². The maximum Gasteiger partial charge on any atom is 0.220 e. The van der Waals surface area contributed by atoms with Crippen LogP contribution in [0.1, 0.15) is 157 Å². The highest BCUT2D eigenvalue weighted by molar-refractivity contribution is 5.76. The van der Waals surface area contributed by atoms with Crippen molar-refractivity contribution in [3.63, 3.8) is 0 Å². The van der Waals surface area contributed by atoms with Crippen LogP contribution < -0.4 is 16.0 Å². The molecule has 0 aliphatic heterocycles. The third kappa shape index (κ3) is 8.50. The van der Waals surface area contributed by atoms with E-state index in [1.165, 1.54) is 0 Å². The SMILES string of the molecule is C[C@H](CCC(=O)NCCNCCNC(=O)CC[C@@H](C)[C@H]1CCC2C3C(O)CC4C[C@H](O)CC[C@]4(C)C3C[C@H](O)[C@@]21C)[C@H]1CCC2C3C(O)CC4C[C@H](O)CC[C@]4(C)C3C[C@H](O)[C@@]21C. The van der Waals surface area contributed by atoms with Gasteiger partial charge in [-0.3, -0.25) is 9.59 Å². The summed E-state index contributed by atoms with van der Waals surface area (Å²) in [5, 5.41) is 77.3. The summed E-state index contributed by atoms with van der Waals surface area (Å²) in [5.41, 5.74) is -0.403. The Balaban J connectivity index is 0.713. The standard InChI is InChI=1S/C52H89N3O8/c1-29(35-9-11-37-47-39(27-43(60)51(35,37)5)49(3)17-15-33(56)23-31(49)25-41(47)58)7-13-45(62)54-21-19-53-20-22-55-46(63)14-8-30(2)36-10-12-38-48-40(28-44(61)52(36,38)6)50(4)18-16-34(57)24-32(50)26-42(48)59/h29-44,47-48,53,56-61H,7-28H2,1-6H3,(H,54,62)(H,55,63)/t29-,30-,31?,32?,33-,34-,35-,36-,37?,38?,39?,40?,41?,42?,43+,44+,47?,48?,49+,50+,51-,52-/m1/s1. The molecule has 360 valence electrons. The molecule has 10 unspecified atom stereocenters. The minimum Gasteiger partial charge on any atom is -0.393 e. The van der Waals surface area contributed by atoms with Crippen molar-refractivity contribution in [1.29, 1.82) is 0 Å². The van der Waals surface area contributed by atoms with E-state index < -0.39 is 12.2 Å². The highest BCUT2D eigenvalue weighted by atomic mass is 16.3. The number of amides is 2. The van der Waals surface area contributed by atoms with Gasteiger partial charge in [0.2, 0.25) is 11.8 Å². The van der Waals surface area contributed by atoms with Crippen LogP contribution in [-0.2, 0) is 9.59 Å². The molecule has 9 N–H and O–H groups in total. The molecule has 0 heterocycles. The summed E-state index contributed by atoms with van der Waals surface area (Å²) in [6.45, 7) is 16.1. The normalized spacial score (nSPS) is 49.8. The Labute approximate surface area is 379 Å². The largest absolute Gasteiger partial charge is 0.393 e. The van der Waals surface area contributed by atoms with Crippen LogP contribution in [-0.4, -0.2) is 105 Å². The zero-order valence-electron chi connectivity index (χ0n) is 39.9. The maximum absolute atomic E-state index is 13.0. The van der Waals surface area contributed by atoms with Crippen molar-refractivity contribution in [1.82, 2.24) is 16.0 Å². The molecule has 0 aromatic heterocycles. The molecule has 0 spiro atoms. The molecule has 8 rings (SSSR count). The Hall–Kier alpha value is -1.34. The number of hydrogen-bond donors (Lipinski definition) is 9. The van der Waals surface area contributed by atoms with Gasteiger partial charge >= 0.3 is 0 Å². The van der Waals surface area contributed by atoms with Gasteiger partial charge in [0.15, 0.2) is 0 Å². The van der Waals surface area contributed by atoms with Crippen molar-refractivity contribution in [3.05, 3.63) is 0 Å². The Morgan fingerprint density at radius 1 is 0.524 bits per heavy atom. The van der Waals surface area contributed by atoms with Crippen molar-refractivity contribution >= 4 is 11.8 Å². The molecule has 8 fully saturated rings. The number of aliphatic hydroxyl groups excluding tert-OH is 6. The molecule has 11 nitrogen and oxygen atoms in total. The summed E-state index contributed by atoms with van der Waals surface area (Å²) in [7, 11) is 0. The van der Waals surface area contributed by atoms with E-state index in [1.54, 1.807) is 0 Å². The molecule has 0 bridgehead atoms. The van der Waals surface area contributed by atoms with E-state index >= 15 is 0 Å². The van der Waals surface area contributed by atoms with Crippen LogP contribution in [0.5, 0.6) is 0 Å². The number of hydrogen-bond acceptors (Lipinski definition) is 9. The fourth-order valence-electron chi connectivity index (χ4n) is 18.3. The van der Waals surface area contributed by atoms with Gasteiger partial charge in [-0.1, -0.05) is 41.5 Å². The lowest BCUT2D eigenvalue weighted by Gasteiger charge is -2.63. The Morgan fingerprint density at radius 3 is 1.32 bits per heavy atom. The summed E-state index contributed by atoms with van der Waals surface area (Å²) >= 11 is 0. The number of carbonyl (C=O) groups is 2. The minimum absolute atomic E-state index is 0.0435. The lowest BCUT2D eigenvalue weighted by atomic mass is 9.43. The van der Waals surface area contributed by atoms with Crippen molar-refractivity contribution in [2.45, 2.75) is 194 Å². The lowest BCUT2D eigenvalue weighted by molar-refractivity contribution is -0.207. The fourth-order valence-corrected chi connectivity index (χ4v) is 18.3. The second-order valence-corrected chi connectivity index (χ2v) is 24.5. The van der Waals surface area contributed by atoms with Gasteiger partial charge in [0.05, 0.1) is 36.6 Å². The van der Waals surface area contributed by atoms with Crippen LogP contribution in [0, 0.1) is 92.7 Å². The van der Waals surface area contributed by atoms with Crippen LogP contribution >= 0.6 is 0 Å². The van der Waals surface area contributed by atoms with E-state index in [1.807, 2.05) is 0 Å². The molecule has 0 aromatic rings. The second kappa shape index (κ2) is 18.6. The smallest absolute Gasteiger partial charge is 0.220 e. The minimum atomic E-state index is -0.421. The number of carbonyl (C=O) groups excluding carboxylic acids is 2. The molecule has 22 atom stereocenters. The van der Waals surface area contributed by atoms with Gasteiger partial charge in [-0.15, -0.1) is 0 Å². The molecule has 63 heavy (non-hydrogen) atoms. The first-order valence-electron chi connectivity index (χ1n) is 26.2. The lowest BCUT2D eigenvalue weighted by Crippen LogP contribution is -2.62. The molecule has 0 saturated heterocycles. The molecule has 8 saturated carbocycles. The van der Waals surface area contributed by atoms with Crippen molar-refractivity contribution < 1.29 is 40.2 Å². The highest BCUT2D eigenvalue weighted by Crippen LogP contribution is 2.70. The summed E-state index contributed by atoms with van der Waals surface area (Å²) in [6, 6.07) is 0. The predicted octanol–water partition coefficient (Wildman–Crippen LogP) is 5.56. The molecule has 11 heteroatoms.